The summed E-state index contributed by atoms with van der Waals surface area (Å²) in [6, 6.07) is 3.77. The predicted octanol–water partition coefficient (Wildman–Crippen LogP) is 5.11. The van der Waals surface area contributed by atoms with Crippen LogP contribution >= 0.6 is 12.4 Å². The number of hydrogen-bond donors (Lipinski definition) is 1. The molecular weight excluding hydrogens is 455 g/mol. The van der Waals surface area contributed by atoms with Crippen molar-refractivity contribution in [3.63, 3.8) is 0 Å². The molecule has 33 heavy (non-hydrogen) atoms. The molecule has 2 aliphatic rings. The monoisotopic (exact) mass is 479 g/mol. The number of aromatic nitrogens is 3. The first kappa shape index (κ1) is 26.2. The van der Waals surface area contributed by atoms with Gasteiger partial charge in [0.15, 0.2) is 5.54 Å². The number of hydrogen-bond acceptors (Lipinski definition) is 5. The minimum atomic E-state index is -4.50. The molecule has 1 amide bonds. The van der Waals surface area contributed by atoms with Crippen LogP contribution in [-0.2, 0) is 17.5 Å². The molecule has 0 bridgehead atoms. The Morgan fingerprint density at radius 1 is 1.06 bits per heavy atom. The summed E-state index contributed by atoms with van der Waals surface area (Å²) in [5.41, 5.74) is -0.684. The van der Waals surface area contributed by atoms with Gasteiger partial charge in [0.05, 0.1) is 17.9 Å². The lowest BCUT2D eigenvalue weighted by atomic mass is 10.0. The highest BCUT2D eigenvalue weighted by Gasteiger charge is 2.32. The van der Waals surface area contributed by atoms with Crippen LogP contribution in [0.1, 0.15) is 44.0 Å². The average Bonchev–Trinajstić information content (AvgIpc) is 2.96. The zero-order chi connectivity index (χ0) is 23.0. The first-order valence-electron chi connectivity index (χ1n) is 10.3. The quantitative estimate of drug-likeness (QED) is 0.660. The summed E-state index contributed by atoms with van der Waals surface area (Å²) in [5.74, 6) is -0.306. The van der Waals surface area contributed by atoms with Gasteiger partial charge in [0, 0.05) is 18.0 Å². The summed E-state index contributed by atoms with van der Waals surface area (Å²) in [4.78, 5) is 28.3. The van der Waals surface area contributed by atoms with E-state index in [0.717, 1.165) is 12.3 Å². The fourth-order valence-electron chi connectivity index (χ4n) is 2.70. The first-order valence-corrected chi connectivity index (χ1v) is 10.3. The van der Waals surface area contributed by atoms with Gasteiger partial charge in [-0.2, -0.15) is 13.2 Å². The lowest BCUT2D eigenvalue weighted by Gasteiger charge is -2.19. The lowest BCUT2D eigenvalue weighted by Crippen LogP contribution is -2.41. The number of amides is 1. The van der Waals surface area contributed by atoms with Crippen LogP contribution in [0.15, 0.2) is 60.0 Å². The topological polar surface area (TPSA) is 80.1 Å². The van der Waals surface area contributed by atoms with Gasteiger partial charge in [-0.15, -0.1) is 12.4 Å². The molecule has 0 saturated heterocycles. The van der Waals surface area contributed by atoms with Gasteiger partial charge in [-0.3, -0.25) is 14.8 Å². The van der Waals surface area contributed by atoms with Crippen molar-refractivity contribution in [2.24, 2.45) is 4.99 Å². The highest BCUT2D eigenvalue weighted by molar-refractivity contribution is 5.91. The van der Waals surface area contributed by atoms with Gasteiger partial charge in [-0.25, -0.2) is 9.97 Å². The molecule has 1 aliphatic heterocycles. The largest absolute Gasteiger partial charge is 0.433 e. The molecule has 2 aromatic rings. The van der Waals surface area contributed by atoms with E-state index < -0.39 is 17.4 Å². The number of allylic oxidation sites excluding steroid dienone is 3. The fraction of sp³-hybridized carbons (Fsp3) is 0.348. The van der Waals surface area contributed by atoms with E-state index in [-0.39, 0.29) is 24.9 Å². The number of halogens is 4. The third kappa shape index (κ3) is 7.49. The number of nitrogens with one attached hydrogen (secondary N) is 1. The molecule has 1 saturated carbocycles. The standard InChI is InChI=1S/C19H16F3N5O.C4H8.ClH/c1-18(7-3-2-4-8-27-18)17(28)24-11-14-9-15(26-12-25-14)13-5-6-16(23-10-13)19(20,21)22;1-2-4-3-1;/h2-10,12H,11H2,1H3,(H,24,28);1-4H2;1H. The molecule has 0 spiro atoms. The van der Waals surface area contributed by atoms with Gasteiger partial charge >= 0.3 is 6.18 Å². The van der Waals surface area contributed by atoms with Crippen LogP contribution in [0, 0.1) is 0 Å². The third-order valence-electron chi connectivity index (χ3n) is 5.03. The fourth-order valence-corrected chi connectivity index (χ4v) is 2.70. The normalized spacial score (nSPS) is 18.8. The van der Waals surface area contributed by atoms with E-state index in [0.29, 0.717) is 17.0 Å². The van der Waals surface area contributed by atoms with Crippen LogP contribution in [0.5, 0.6) is 0 Å². The van der Waals surface area contributed by atoms with Crippen molar-refractivity contribution < 1.29 is 18.0 Å². The Morgan fingerprint density at radius 3 is 2.39 bits per heavy atom. The molecule has 6 nitrogen and oxygen atoms in total. The summed E-state index contributed by atoms with van der Waals surface area (Å²) in [6.07, 6.45) is 12.4. The van der Waals surface area contributed by atoms with Gasteiger partial charge in [-0.1, -0.05) is 37.8 Å². The molecule has 4 rings (SSSR count). The van der Waals surface area contributed by atoms with Crippen molar-refractivity contribution in [1.29, 1.82) is 0 Å². The number of aliphatic imine (C=N–C) groups is 1. The summed E-state index contributed by atoms with van der Waals surface area (Å²) in [7, 11) is 0. The third-order valence-corrected chi connectivity index (χ3v) is 5.03. The average molecular weight is 480 g/mol. The summed E-state index contributed by atoms with van der Waals surface area (Å²) < 4.78 is 37.9. The minimum absolute atomic E-state index is 0. The Kier molecular flexibility index (Phi) is 9.28. The van der Waals surface area contributed by atoms with E-state index in [1.54, 1.807) is 43.5 Å². The molecule has 1 fully saturated rings. The molecule has 10 heteroatoms. The summed E-state index contributed by atoms with van der Waals surface area (Å²) in [5, 5.41) is 2.76. The van der Waals surface area contributed by atoms with Gasteiger partial charge < -0.3 is 5.32 Å². The number of pyridine rings is 1. The smallest absolute Gasteiger partial charge is 0.348 e. The highest BCUT2D eigenvalue weighted by Crippen LogP contribution is 2.28. The predicted molar refractivity (Wildman–Crippen MR) is 123 cm³/mol. The number of nitrogens with zero attached hydrogens (tertiary/aromatic N) is 4. The molecule has 1 unspecified atom stereocenters. The molecule has 0 aromatic carbocycles. The number of rotatable bonds is 4. The molecular formula is C23H25ClF3N5O. The van der Waals surface area contributed by atoms with Crippen LogP contribution in [-0.4, -0.2) is 32.6 Å². The first-order chi connectivity index (χ1) is 15.3. The Hall–Kier alpha value is -3.07. The lowest BCUT2D eigenvalue weighted by molar-refractivity contribution is -0.141. The second kappa shape index (κ2) is 11.7. The maximum Gasteiger partial charge on any atom is 0.433 e. The van der Waals surface area contributed by atoms with Crippen LogP contribution in [0.2, 0.25) is 0 Å². The van der Waals surface area contributed by atoms with Crippen LogP contribution in [0.3, 0.4) is 0 Å². The van der Waals surface area contributed by atoms with Crippen molar-refractivity contribution in [3.8, 4) is 11.3 Å². The summed E-state index contributed by atoms with van der Waals surface area (Å²) in [6.45, 7) is 1.80. The Bertz CT molecular complexity index is 996. The molecule has 1 atom stereocenters. The molecule has 1 aliphatic carbocycles. The Balaban J connectivity index is 0.000000696. The van der Waals surface area contributed by atoms with Crippen molar-refractivity contribution in [1.82, 2.24) is 20.3 Å². The minimum Gasteiger partial charge on any atom is -0.348 e. The molecule has 1 N–H and O–H groups in total. The van der Waals surface area contributed by atoms with Gasteiger partial charge in [0.2, 0.25) is 0 Å². The number of alkyl halides is 3. The van der Waals surface area contributed by atoms with Gasteiger partial charge in [0.25, 0.3) is 5.91 Å². The van der Waals surface area contributed by atoms with Crippen molar-refractivity contribution in [2.75, 3.05) is 0 Å². The van der Waals surface area contributed by atoms with E-state index in [1.165, 1.54) is 38.1 Å². The second-order valence-electron chi connectivity index (χ2n) is 7.59. The van der Waals surface area contributed by atoms with Crippen LogP contribution < -0.4 is 5.32 Å². The second-order valence-corrected chi connectivity index (χ2v) is 7.59. The van der Waals surface area contributed by atoms with Crippen LogP contribution in [0.4, 0.5) is 13.2 Å². The SMILES string of the molecule is C1CCC1.CC1(C(=O)NCc2cc(-c3ccc(C(F)(F)F)nc3)ncn2)C=CC=CC=N1.Cl. The van der Waals surface area contributed by atoms with Gasteiger partial charge in [0.1, 0.15) is 12.0 Å². The van der Waals surface area contributed by atoms with E-state index in [1.807, 2.05) is 0 Å². The Morgan fingerprint density at radius 2 is 1.79 bits per heavy atom. The van der Waals surface area contributed by atoms with Gasteiger partial charge in [-0.05, 0) is 37.3 Å². The number of carbonyl (C=O) groups excluding carboxylic acids is 1. The van der Waals surface area contributed by atoms with E-state index >= 15 is 0 Å². The van der Waals surface area contributed by atoms with Crippen molar-refractivity contribution in [3.05, 3.63) is 66.4 Å². The molecule has 176 valence electrons. The maximum absolute atomic E-state index is 12.6. The van der Waals surface area contributed by atoms with Crippen molar-refractivity contribution in [2.45, 2.75) is 50.9 Å². The maximum atomic E-state index is 12.6. The summed E-state index contributed by atoms with van der Waals surface area (Å²) >= 11 is 0. The zero-order valence-corrected chi connectivity index (χ0v) is 18.9. The van der Waals surface area contributed by atoms with E-state index in [4.69, 9.17) is 0 Å². The number of carbonyl (C=O) groups is 1. The molecule has 3 heterocycles. The van der Waals surface area contributed by atoms with E-state index in [9.17, 15) is 18.0 Å². The van der Waals surface area contributed by atoms with E-state index in [2.05, 4.69) is 25.3 Å². The highest BCUT2D eigenvalue weighted by atomic mass is 35.5. The molecule has 0 radical (unpaired) electrons. The molecule has 2 aromatic heterocycles. The Labute approximate surface area is 196 Å². The van der Waals surface area contributed by atoms with Crippen molar-refractivity contribution >= 4 is 24.5 Å². The zero-order valence-electron chi connectivity index (χ0n) is 18.0. The van der Waals surface area contributed by atoms with Crippen LogP contribution in [0.25, 0.3) is 11.3 Å².